The first-order valence-electron chi connectivity index (χ1n) is 11.2. The predicted octanol–water partition coefficient (Wildman–Crippen LogP) is 3.96. The van der Waals surface area contributed by atoms with Gasteiger partial charge in [0.15, 0.2) is 12.0 Å². The highest BCUT2D eigenvalue weighted by molar-refractivity contribution is 7.85. The Hall–Kier alpha value is -3.71. The van der Waals surface area contributed by atoms with Gasteiger partial charge in [0.1, 0.15) is 12.7 Å². The molecule has 200 valence electrons. The molecule has 3 aromatic rings. The van der Waals surface area contributed by atoms with Crippen LogP contribution < -0.4 is 0 Å². The van der Waals surface area contributed by atoms with Crippen LogP contribution in [-0.2, 0) is 29.1 Å². The first kappa shape index (κ1) is 27.3. The second kappa shape index (κ2) is 11.4. The van der Waals surface area contributed by atoms with E-state index in [1.54, 1.807) is 30.3 Å². The molecule has 3 aromatic carbocycles. The van der Waals surface area contributed by atoms with E-state index >= 15 is 8.78 Å². The maximum atomic E-state index is 15.2. The average molecular weight is 549 g/mol. The molecule has 1 saturated heterocycles. The van der Waals surface area contributed by atoms with Gasteiger partial charge in [-0.15, -0.1) is 0 Å². The molecule has 9 nitrogen and oxygen atoms in total. The summed E-state index contributed by atoms with van der Waals surface area (Å²) in [6, 6.07) is 23.0. The third-order valence-corrected chi connectivity index (χ3v) is 5.98. The van der Waals surface area contributed by atoms with Crippen LogP contribution in [0.2, 0.25) is 0 Å². The smallest absolute Gasteiger partial charge is 0.338 e. The lowest BCUT2D eigenvalue weighted by atomic mass is 10.0. The molecule has 1 heterocycles. The Labute approximate surface area is 216 Å². The summed E-state index contributed by atoms with van der Waals surface area (Å²) in [6.45, 7) is -0.764. The molecule has 0 aliphatic carbocycles. The lowest BCUT2D eigenvalue weighted by molar-refractivity contribution is -0.217. The van der Waals surface area contributed by atoms with Gasteiger partial charge in [0, 0.05) is 0 Å². The number of hydrogen-bond donors (Lipinski definition) is 1. The highest BCUT2D eigenvalue weighted by Crippen LogP contribution is 2.39. The van der Waals surface area contributed by atoms with Crippen LogP contribution in [0.5, 0.6) is 0 Å². The minimum absolute atomic E-state index is 0.0391. The van der Waals surface area contributed by atoms with Crippen LogP contribution in [0, 0.1) is 0 Å². The molecular formula is C26H22F2O9S. The summed E-state index contributed by atoms with van der Waals surface area (Å²) in [7, 11) is -4.78. The summed E-state index contributed by atoms with van der Waals surface area (Å²) in [5.41, 5.74) is 1.76. The van der Waals surface area contributed by atoms with Gasteiger partial charge in [-0.05, 0) is 35.4 Å². The highest BCUT2D eigenvalue weighted by atomic mass is 32.2. The Morgan fingerprint density at radius 2 is 1.39 bits per heavy atom. The largest absolute Gasteiger partial charge is 0.459 e. The molecule has 0 bridgehead atoms. The first-order valence-corrected chi connectivity index (χ1v) is 12.8. The fourth-order valence-corrected chi connectivity index (χ4v) is 4.01. The first-order chi connectivity index (χ1) is 18.0. The highest BCUT2D eigenvalue weighted by Gasteiger charge is 2.62. The van der Waals surface area contributed by atoms with E-state index in [0.717, 1.165) is 11.1 Å². The van der Waals surface area contributed by atoms with Crippen LogP contribution in [-0.4, -0.2) is 61.9 Å². The van der Waals surface area contributed by atoms with Crippen LogP contribution in [0.3, 0.4) is 0 Å². The molecule has 0 amide bonds. The summed E-state index contributed by atoms with van der Waals surface area (Å²) in [4.78, 5) is 25.1. The molecule has 12 heteroatoms. The summed E-state index contributed by atoms with van der Waals surface area (Å²) >= 11 is 0. The number of alkyl halides is 2. The van der Waals surface area contributed by atoms with E-state index in [2.05, 4.69) is 4.74 Å². The van der Waals surface area contributed by atoms with Crippen molar-refractivity contribution in [2.75, 3.05) is 12.5 Å². The van der Waals surface area contributed by atoms with Crippen LogP contribution in [0.4, 0.5) is 8.78 Å². The zero-order valence-corrected chi connectivity index (χ0v) is 20.4. The quantitative estimate of drug-likeness (QED) is 0.312. The Morgan fingerprint density at radius 1 is 0.842 bits per heavy atom. The van der Waals surface area contributed by atoms with Crippen LogP contribution in [0.1, 0.15) is 20.7 Å². The summed E-state index contributed by atoms with van der Waals surface area (Å²) in [6.07, 6.45) is -6.53. The fourth-order valence-electron chi connectivity index (χ4n) is 3.71. The van der Waals surface area contributed by atoms with E-state index < -0.39 is 59.0 Å². The second-order valence-electron chi connectivity index (χ2n) is 8.28. The van der Waals surface area contributed by atoms with Crippen molar-refractivity contribution in [1.29, 1.82) is 0 Å². The van der Waals surface area contributed by atoms with Crippen molar-refractivity contribution >= 4 is 22.1 Å². The van der Waals surface area contributed by atoms with Crippen molar-refractivity contribution in [1.82, 2.24) is 0 Å². The molecular weight excluding hydrogens is 526 g/mol. The van der Waals surface area contributed by atoms with Crippen molar-refractivity contribution in [3.8, 4) is 11.1 Å². The number of carbonyl (C=O) groups is 2. The number of hydrogen-bond acceptors (Lipinski definition) is 8. The second-order valence-corrected chi connectivity index (χ2v) is 9.68. The van der Waals surface area contributed by atoms with Crippen molar-refractivity contribution in [2.45, 2.75) is 24.4 Å². The Kier molecular flexibility index (Phi) is 8.17. The standard InChI is InChI=1S/C26H22F2O9S/c27-26(28)22(37-24(30)20-13-11-18(12-14-20)17-7-3-1-4-8-17)21(36-25(26)35-16-38(31,32)33)15-34-23(29)19-9-5-2-6-10-19/h1-14,21-22,25H,15-16H2,(H,31,32,33)/t21-,22-,25?/m1/s1. The minimum atomic E-state index is -4.78. The van der Waals surface area contributed by atoms with Gasteiger partial charge in [-0.25, -0.2) is 9.59 Å². The Morgan fingerprint density at radius 3 is 2.00 bits per heavy atom. The van der Waals surface area contributed by atoms with E-state index in [1.165, 1.54) is 24.3 Å². The van der Waals surface area contributed by atoms with Gasteiger partial charge in [0.25, 0.3) is 10.1 Å². The molecule has 4 rings (SSSR count). The van der Waals surface area contributed by atoms with Gasteiger partial charge in [-0.3, -0.25) is 4.55 Å². The van der Waals surface area contributed by atoms with Crippen molar-refractivity contribution in [3.63, 3.8) is 0 Å². The number of esters is 2. The SMILES string of the molecule is O=C(OC[C@H]1OC(OCS(=O)(=O)O)C(F)(F)[C@@H]1OC(=O)c1ccc(-c2ccccc2)cc1)c1ccccc1. The molecule has 1 aliphatic rings. The van der Waals surface area contributed by atoms with E-state index in [-0.39, 0.29) is 11.1 Å². The van der Waals surface area contributed by atoms with Gasteiger partial charge >= 0.3 is 17.9 Å². The van der Waals surface area contributed by atoms with Gasteiger partial charge in [0.2, 0.25) is 6.29 Å². The average Bonchev–Trinajstić information content (AvgIpc) is 3.15. The Bertz CT molecular complexity index is 1360. The molecule has 0 saturated carbocycles. The van der Waals surface area contributed by atoms with Gasteiger partial charge < -0.3 is 18.9 Å². The van der Waals surface area contributed by atoms with Crippen LogP contribution in [0.15, 0.2) is 84.9 Å². The normalized spacial score (nSPS) is 20.6. The molecule has 1 unspecified atom stereocenters. The van der Waals surface area contributed by atoms with E-state index in [4.69, 9.17) is 18.8 Å². The number of carbonyl (C=O) groups excluding carboxylic acids is 2. The molecule has 3 atom stereocenters. The van der Waals surface area contributed by atoms with Gasteiger partial charge in [0.05, 0.1) is 11.1 Å². The number of ether oxygens (including phenoxy) is 4. The third-order valence-electron chi connectivity index (χ3n) is 5.55. The Balaban J connectivity index is 1.51. The van der Waals surface area contributed by atoms with Crippen molar-refractivity contribution in [3.05, 3.63) is 96.1 Å². The zero-order chi connectivity index (χ0) is 27.3. The van der Waals surface area contributed by atoms with Gasteiger partial charge in [-0.2, -0.15) is 17.2 Å². The zero-order valence-electron chi connectivity index (χ0n) is 19.6. The molecule has 0 radical (unpaired) electrons. The van der Waals surface area contributed by atoms with Crippen LogP contribution in [0.25, 0.3) is 11.1 Å². The molecule has 0 spiro atoms. The molecule has 1 fully saturated rings. The predicted molar refractivity (Wildman–Crippen MR) is 129 cm³/mol. The van der Waals surface area contributed by atoms with Crippen molar-refractivity contribution < 1.29 is 50.3 Å². The minimum Gasteiger partial charge on any atom is -0.459 e. The number of rotatable bonds is 9. The number of halogens is 2. The molecule has 1 aliphatic heterocycles. The van der Waals surface area contributed by atoms with Crippen LogP contribution >= 0.6 is 0 Å². The summed E-state index contributed by atoms with van der Waals surface area (Å²) in [5.74, 6) is -7.52. The topological polar surface area (TPSA) is 125 Å². The molecule has 38 heavy (non-hydrogen) atoms. The number of benzene rings is 3. The molecule has 1 N–H and O–H groups in total. The third kappa shape index (κ3) is 6.58. The van der Waals surface area contributed by atoms with E-state index in [1.807, 2.05) is 30.3 Å². The van der Waals surface area contributed by atoms with Crippen molar-refractivity contribution in [2.24, 2.45) is 0 Å². The summed E-state index contributed by atoms with van der Waals surface area (Å²) < 4.78 is 81.0. The fraction of sp³-hybridized carbons (Fsp3) is 0.231. The summed E-state index contributed by atoms with van der Waals surface area (Å²) in [5, 5.41) is 0. The van der Waals surface area contributed by atoms with Gasteiger partial charge in [-0.1, -0.05) is 60.7 Å². The molecule has 0 aromatic heterocycles. The van der Waals surface area contributed by atoms with E-state index in [9.17, 15) is 18.0 Å². The lowest BCUT2D eigenvalue weighted by Gasteiger charge is -2.23. The maximum absolute atomic E-state index is 15.2. The maximum Gasteiger partial charge on any atom is 0.338 e. The monoisotopic (exact) mass is 548 g/mol. The lowest BCUT2D eigenvalue weighted by Crippen LogP contribution is -2.45. The van der Waals surface area contributed by atoms with E-state index in [0.29, 0.717) is 0 Å².